The third-order valence-electron chi connectivity index (χ3n) is 5.61. The predicted octanol–water partition coefficient (Wildman–Crippen LogP) is 2.31. The molecule has 0 aliphatic rings. The third-order valence-corrected chi connectivity index (χ3v) is 5.61. The molecule has 0 fully saturated rings. The third kappa shape index (κ3) is 5.35. The van der Waals surface area contributed by atoms with Gasteiger partial charge in [0.25, 0.3) is 11.6 Å². The Morgan fingerprint density at radius 2 is 2.05 bits per heavy atom. The molecule has 4 rings (SSSR count). The molecule has 37 heavy (non-hydrogen) atoms. The summed E-state index contributed by atoms with van der Waals surface area (Å²) in [5, 5.41) is 30.2. The van der Waals surface area contributed by atoms with Crippen molar-refractivity contribution in [2.75, 3.05) is 18.8 Å². The van der Waals surface area contributed by atoms with E-state index in [-0.39, 0.29) is 23.0 Å². The van der Waals surface area contributed by atoms with E-state index < -0.39 is 10.8 Å². The van der Waals surface area contributed by atoms with Crippen LogP contribution in [0, 0.1) is 17.0 Å². The van der Waals surface area contributed by atoms with Crippen LogP contribution in [0.1, 0.15) is 41.4 Å². The lowest BCUT2D eigenvalue weighted by Crippen LogP contribution is -2.27. The van der Waals surface area contributed by atoms with E-state index in [4.69, 9.17) is 10.2 Å². The number of furan rings is 1. The van der Waals surface area contributed by atoms with Crippen LogP contribution in [-0.2, 0) is 6.54 Å². The second-order valence-electron chi connectivity index (χ2n) is 7.89. The van der Waals surface area contributed by atoms with Gasteiger partial charge in [-0.3, -0.25) is 19.8 Å². The molecule has 0 saturated carbocycles. The Balaban J connectivity index is 1.51. The molecular formula is C22H24N10O5. The van der Waals surface area contributed by atoms with E-state index in [0.717, 1.165) is 13.1 Å². The molecule has 15 heteroatoms. The lowest BCUT2D eigenvalue weighted by Gasteiger charge is -2.18. The van der Waals surface area contributed by atoms with Crippen molar-refractivity contribution in [2.45, 2.75) is 27.3 Å². The number of hydrazone groups is 1. The highest BCUT2D eigenvalue weighted by atomic mass is 16.6. The van der Waals surface area contributed by atoms with Gasteiger partial charge < -0.3 is 10.2 Å². The number of hydrogen-bond acceptors (Lipinski definition) is 12. The molecule has 0 saturated heterocycles. The monoisotopic (exact) mass is 508 g/mol. The predicted molar refractivity (Wildman–Crippen MR) is 131 cm³/mol. The number of nitrogen functional groups attached to an aromatic ring is 1. The molecule has 0 aliphatic carbocycles. The number of nitrogens with zero attached hydrogens (tertiary/aromatic N) is 8. The van der Waals surface area contributed by atoms with Crippen molar-refractivity contribution in [3.63, 3.8) is 0 Å². The van der Waals surface area contributed by atoms with Gasteiger partial charge in [-0.05, 0) is 54.1 Å². The van der Waals surface area contributed by atoms with Gasteiger partial charge in [0.15, 0.2) is 5.69 Å². The Bertz CT molecular complexity index is 1450. The number of nitrogens with one attached hydrogen (secondary N) is 1. The number of carbonyl (C=O) groups is 1. The first-order chi connectivity index (χ1) is 17.8. The first-order valence-electron chi connectivity index (χ1n) is 11.3. The van der Waals surface area contributed by atoms with E-state index in [1.807, 2.05) is 13.8 Å². The standard InChI is InChI=1S/C22H24N10O5/c1-4-30(5-2)12-17-19(25-29-31(17)21-20(23)27-37-28-21)22(33)26-24-11-15-7-9-18(36-15)16-8-6-14(32(34)35)10-13(16)3/h6-11H,4-5,12H2,1-3H3,(H2,23,27)(H,26,33). The van der Waals surface area contributed by atoms with Crippen LogP contribution in [-0.4, -0.2) is 60.3 Å². The molecule has 192 valence electrons. The highest BCUT2D eigenvalue weighted by Crippen LogP contribution is 2.28. The minimum absolute atomic E-state index is 0.00268. The molecule has 0 bridgehead atoms. The molecule has 1 aromatic carbocycles. The van der Waals surface area contributed by atoms with Crippen LogP contribution in [0.5, 0.6) is 0 Å². The van der Waals surface area contributed by atoms with Crippen LogP contribution in [0.2, 0.25) is 0 Å². The number of benzene rings is 1. The number of aromatic nitrogens is 5. The number of anilines is 1. The summed E-state index contributed by atoms with van der Waals surface area (Å²) >= 11 is 0. The van der Waals surface area contributed by atoms with Gasteiger partial charge in [0, 0.05) is 24.2 Å². The fraction of sp³-hybridized carbons (Fsp3) is 0.273. The van der Waals surface area contributed by atoms with E-state index >= 15 is 0 Å². The summed E-state index contributed by atoms with van der Waals surface area (Å²) < 4.78 is 11.7. The number of hydrogen-bond donors (Lipinski definition) is 2. The van der Waals surface area contributed by atoms with Gasteiger partial charge >= 0.3 is 0 Å². The van der Waals surface area contributed by atoms with E-state index in [2.05, 4.69) is 40.7 Å². The van der Waals surface area contributed by atoms with E-state index in [1.54, 1.807) is 25.1 Å². The molecule has 0 aliphatic heterocycles. The Labute approximate surface area is 210 Å². The maximum atomic E-state index is 12.9. The Hall–Kier alpha value is -4.92. The Morgan fingerprint density at radius 1 is 1.27 bits per heavy atom. The average molecular weight is 508 g/mol. The van der Waals surface area contributed by atoms with Gasteiger partial charge in [-0.25, -0.2) is 10.1 Å². The molecule has 0 atom stereocenters. The van der Waals surface area contributed by atoms with E-state index in [0.29, 0.717) is 34.9 Å². The van der Waals surface area contributed by atoms with Crippen molar-refractivity contribution < 1.29 is 18.8 Å². The van der Waals surface area contributed by atoms with Gasteiger partial charge in [0.1, 0.15) is 11.5 Å². The molecule has 0 unspecified atom stereocenters. The maximum absolute atomic E-state index is 12.9. The molecule has 15 nitrogen and oxygen atoms in total. The van der Waals surface area contributed by atoms with E-state index in [1.165, 1.54) is 23.0 Å². The van der Waals surface area contributed by atoms with Crippen molar-refractivity contribution in [2.24, 2.45) is 5.10 Å². The SMILES string of the molecule is CCN(CC)Cc1c(C(=O)NN=Cc2ccc(-c3ccc([N+](=O)[O-])cc3C)o2)nnn1-c1nonc1N. The molecule has 1 amide bonds. The number of carbonyl (C=O) groups excluding carboxylic acids is 1. The van der Waals surface area contributed by atoms with Crippen molar-refractivity contribution in [3.05, 3.63) is 63.2 Å². The van der Waals surface area contributed by atoms with Crippen molar-refractivity contribution in [3.8, 4) is 17.1 Å². The summed E-state index contributed by atoms with van der Waals surface area (Å²) in [5.74, 6) is 0.400. The van der Waals surface area contributed by atoms with E-state index in [9.17, 15) is 14.9 Å². The second-order valence-corrected chi connectivity index (χ2v) is 7.89. The Kier molecular flexibility index (Phi) is 7.34. The number of amides is 1. The highest BCUT2D eigenvalue weighted by Gasteiger charge is 2.25. The summed E-state index contributed by atoms with van der Waals surface area (Å²) in [6.45, 7) is 7.53. The average Bonchev–Trinajstić information content (AvgIpc) is 3.62. The van der Waals surface area contributed by atoms with Crippen LogP contribution in [0.25, 0.3) is 17.1 Å². The number of nitro groups is 1. The quantitative estimate of drug-likeness (QED) is 0.181. The lowest BCUT2D eigenvalue weighted by molar-refractivity contribution is -0.384. The largest absolute Gasteiger partial charge is 0.455 e. The zero-order chi connectivity index (χ0) is 26.5. The fourth-order valence-corrected chi connectivity index (χ4v) is 3.60. The first-order valence-corrected chi connectivity index (χ1v) is 11.3. The molecule has 3 heterocycles. The molecule has 0 radical (unpaired) electrons. The normalized spacial score (nSPS) is 11.5. The van der Waals surface area contributed by atoms with Crippen LogP contribution in [0.15, 0.2) is 44.5 Å². The zero-order valence-electron chi connectivity index (χ0n) is 20.3. The summed E-state index contributed by atoms with van der Waals surface area (Å²) in [5.41, 5.74) is 10.1. The van der Waals surface area contributed by atoms with Crippen LogP contribution in [0.3, 0.4) is 0 Å². The fourth-order valence-electron chi connectivity index (χ4n) is 3.60. The summed E-state index contributed by atoms with van der Waals surface area (Å²) in [6.07, 6.45) is 1.33. The number of nitrogens with two attached hydrogens (primary N) is 1. The van der Waals surface area contributed by atoms with Crippen LogP contribution in [0.4, 0.5) is 11.5 Å². The van der Waals surface area contributed by atoms with Crippen molar-refractivity contribution >= 4 is 23.6 Å². The molecule has 3 N–H and O–H groups in total. The molecule has 3 aromatic heterocycles. The number of nitro benzene ring substituents is 1. The lowest BCUT2D eigenvalue weighted by atomic mass is 10.1. The van der Waals surface area contributed by atoms with Gasteiger partial charge in [-0.2, -0.15) is 9.78 Å². The zero-order valence-corrected chi connectivity index (χ0v) is 20.3. The van der Waals surface area contributed by atoms with Crippen LogP contribution < -0.4 is 11.2 Å². The minimum atomic E-state index is -0.599. The number of rotatable bonds is 10. The minimum Gasteiger partial charge on any atom is -0.455 e. The summed E-state index contributed by atoms with van der Waals surface area (Å²) in [6, 6.07) is 7.87. The molecular weight excluding hydrogens is 484 g/mol. The topological polar surface area (TPSA) is 197 Å². The molecule has 4 aromatic rings. The summed E-state index contributed by atoms with van der Waals surface area (Å²) in [7, 11) is 0. The summed E-state index contributed by atoms with van der Waals surface area (Å²) in [4.78, 5) is 25.5. The van der Waals surface area contributed by atoms with Gasteiger partial charge in [-0.15, -0.1) is 5.10 Å². The van der Waals surface area contributed by atoms with Crippen LogP contribution >= 0.6 is 0 Å². The highest BCUT2D eigenvalue weighted by molar-refractivity contribution is 5.94. The molecule has 0 spiro atoms. The van der Waals surface area contributed by atoms with Gasteiger partial charge in [0.05, 0.1) is 16.8 Å². The second kappa shape index (κ2) is 10.8. The van der Waals surface area contributed by atoms with Gasteiger partial charge in [0.2, 0.25) is 11.6 Å². The maximum Gasteiger partial charge on any atom is 0.293 e. The van der Waals surface area contributed by atoms with Crippen molar-refractivity contribution in [1.29, 1.82) is 0 Å². The number of non-ortho nitro benzene ring substituents is 1. The Morgan fingerprint density at radius 3 is 2.70 bits per heavy atom. The van der Waals surface area contributed by atoms with Crippen molar-refractivity contribution in [1.82, 2.24) is 35.6 Å². The first kappa shape index (κ1) is 25.2. The smallest absolute Gasteiger partial charge is 0.293 e. The number of aryl methyl sites for hydroxylation is 1. The van der Waals surface area contributed by atoms with Gasteiger partial charge in [-0.1, -0.05) is 19.1 Å².